The Balaban J connectivity index is 1.44. The van der Waals surface area contributed by atoms with Crippen LogP contribution in [0.5, 0.6) is 0 Å². The van der Waals surface area contributed by atoms with Crippen LogP contribution in [0, 0.1) is 6.92 Å². The largest absolute Gasteiger partial charge is 0.337 e. The summed E-state index contributed by atoms with van der Waals surface area (Å²) in [6, 6.07) is 10.8. The third-order valence-corrected chi connectivity index (χ3v) is 5.00. The number of likely N-dealkylation sites (tertiary alicyclic amines) is 1. The Morgan fingerprint density at radius 3 is 2.80 bits per heavy atom. The van der Waals surface area contributed by atoms with Gasteiger partial charge in [-0.05, 0) is 31.9 Å². The van der Waals surface area contributed by atoms with Crippen molar-refractivity contribution in [1.29, 1.82) is 0 Å². The summed E-state index contributed by atoms with van der Waals surface area (Å²) in [7, 11) is 1.90. The van der Waals surface area contributed by atoms with E-state index in [0.717, 1.165) is 30.8 Å². The van der Waals surface area contributed by atoms with E-state index in [9.17, 15) is 4.79 Å². The minimum Gasteiger partial charge on any atom is -0.337 e. The first kappa shape index (κ1) is 17.5. The van der Waals surface area contributed by atoms with Gasteiger partial charge >= 0.3 is 6.03 Å². The molecule has 0 unspecified atom stereocenters. The summed E-state index contributed by atoms with van der Waals surface area (Å²) in [6.07, 6.45) is 4.12. The molecule has 6 nitrogen and oxygen atoms in total. The summed E-state index contributed by atoms with van der Waals surface area (Å²) < 4.78 is 1.81. The monoisotopic (exact) mass is 341 g/mol. The lowest BCUT2D eigenvalue weighted by Crippen LogP contribution is -2.43. The van der Waals surface area contributed by atoms with E-state index in [1.807, 2.05) is 24.7 Å². The van der Waals surface area contributed by atoms with Gasteiger partial charge in [-0.25, -0.2) is 4.79 Å². The van der Waals surface area contributed by atoms with Crippen molar-refractivity contribution in [2.45, 2.75) is 38.9 Å². The molecule has 6 heteroatoms. The van der Waals surface area contributed by atoms with Gasteiger partial charge in [0.15, 0.2) is 0 Å². The Hall–Kier alpha value is -2.34. The standard InChI is InChI=1S/C19H27N5O/c1-15-17(12-22-23(15)2)11-20-19(25)21-13-18-9-6-10-24(18)14-16-7-4-3-5-8-16/h3-5,7-8,12,18H,6,9-11,13-14H2,1-2H3,(H2,20,21,25)/t18-/m0/s1. The van der Waals surface area contributed by atoms with Gasteiger partial charge in [0.05, 0.1) is 6.20 Å². The van der Waals surface area contributed by atoms with Gasteiger partial charge in [0.1, 0.15) is 0 Å². The molecule has 1 aliphatic heterocycles. The molecular formula is C19H27N5O. The second-order valence-corrected chi connectivity index (χ2v) is 6.69. The van der Waals surface area contributed by atoms with E-state index in [1.54, 1.807) is 6.20 Å². The quantitative estimate of drug-likeness (QED) is 0.847. The van der Waals surface area contributed by atoms with Gasteiger partial charge in [-0.1, -0.05) is 30.3 Å². The first-order valence-electron chi connectivity index (χ1n) is 8.90. The second kappa shape index (κ2) is 8.16. The summed E-state index contributed by atoms with van der Waals surface area (Å²) in [4.78, 5) is 14.5. The van der Waals surface area contributed by atoms with Gasteiger partial charge < -0.3 is 10.6 Å². The molecule has 1 fully saturated rings. The van der Waals surface area contributed by atoms with Crippen LogP contribution >= 0.6 is 0 Å². The lowest BCUT2D eigenvalue weighted by atomic mass is 10.2. The molecule has 3 rings (SSSR count). The van der Waals surface area contributed by atoms with Crippen LogP contribution in [0.3, 0.4) is 0 Å². The number of aryl methyl sites for hydroxylation is 1. The van der Waals surface area contributed by atoms with Crippen LogP contribution in [-0.2, 0) is 20.1 Å². The summed E-state index contributed by atoms with van der Waals surface area (Å²) >= 11 is 0. The number of amides is 2. The Bertz CT molecular complexity index is 697. The Labute approximate surface area is 149 Å². The number of hydrogen-bond donors (Lipinski definition) is 2. The minimum atomic E-state index is -0.116. The molecule has 0 aliphatic carbocycles. The molecule has 134 valence electrons. The number of urea groups is 1. The summed E-state index contributed by atoms with van der Waals surface area (Å²) in [5.41, 5.74) is 3.44. The topological polar surface area (TPSA) is 62.2 Å². The van der Waals surface area contributed by atoms with E-state index < -0.39 is 0 Å². The minimum absolute atomic E-state index is 0.116. The molecular weight excluding hydrogens is 314 g/mol. The van der Waals surface area contributed by atoms with Crippen LogP contribution in [-0.4, -0.2) is 39.8 Å². The fourth-order valence-electron chi connectivity index (χ4n) is 3.32. The van der Waals surface area contributed by atoms with Crippen molar-refractivity contribution in [2.24, 2.45) is 7.05 Å². The molecule has 0 saturated carbocycles. The van der Waals surface area contributed by atoms with Crippen molar-refractivity contribution < 1.29 is 4.79 Å². The normalized spacial score (nSPS) is 17.6. The second-order valence-electron chi connectivity index (χ2n) is 6.69. The van der Waals surface area contributed by atoms with Crippen LogP contribution in [0.2, 0.25) is 0 Å². The average Bonchev–Trinajstić information content (AvgIpc) is 3.19. The summed E-state index contributed by atoms with van der Waals surface area (Å²) in [5, 5.41) is 10.1. The maximum absolute atomic E-state index is 12.1. The van der Waals surface area contributed by atoms with Crippen molar-refractivity contribution in [3.05, 3.63) is 53.3 Å². The van der Waals surface area contributed by atoms with Crippen LogP contribution < -0.4 is 10.6 Å². The Morgan fingerprint density at radius 1 is 1.28 bits per heavy atom. The molecule has 2 aromatic rings. The first-order chi connectivity index (χ1) is 12.1. The molecule has 2 heterocycles. The van der Waals surface area contributed by atoms with Gasteiger partial charge in [-0.3, -0.25) is 9.58 Å². The zero-order valence-corrected chi connectivity index (χ0v) is 15.0. The number of rotatable bonds is 6. The molecule has 2 amide bonds. The fraction of sp³-hybridized carbons (Fsp3) is 0.474. The van der Waals surface area contributed by atoms with Crippen LogP contribution in [0.4, 0.5) is 4.79 Å². The van der Waals surface area contributed by atoms with Gasteiger partial charge in [-0.15, -0.1) is 0 Å². The third kappa shape index (κ3) is 4.60. The molecule has 1 aromatic heterocycles. The number of aromatic nitrogens is 2. The number of nitrogens with zero attached hydrogens (tertiary/aromatic N) is 3. The van der Waals surface area contributed by atoms with Crippen LogP contribution in [0.15, 0.2) is 36.5 Å². The number of nitrogens with one attached hydrogen (secondary N) is 2. The highest BCUT2D eigenvalue weighted by Gasteiger charge is 2.24. The van der Waals surface area contributed by atoms with Gasteiger partial charge in [0, 0.05) is 44.0 Å². The van der Waals surface area contributed by atoms with E-state index in [2.05, 4.69) is 44.9 Å². The highest BCUT2D eigenvalue weighted by Crippen LogP contribution is 2.19. The smallest absolute Gasteiger partial charge is 0.315 e. The lowest BCUT2D eigenvalue weighted by Gasteiger charge is -2.24. The maximum Gasteiger partial charge on any atom is 0.315 e. The Kier molecular flexibility index (Phi) is 5.71. The predicted octanol–water partition coefficient (Wildman–Crippen LogP) is 2.19. The number of carbonyl (C=O) groups is 1. The molecule has 0 bridgehead atoms. The van der Waals surface area contributed by atoms with E-state index in [0.29, 0.717) is 19.1 Å². The zero-order valence-electron chi connectivity index (χ0n) is 15.0. The van der Waals surface area contributed by atoms with Crippen molar-refractivity contribution in [3.8, 4) is 0 Å². The van der Waals surface area contributed by atoms with Crippen molar-refractivity contribution in [2.75, 3.05) is 13.1 Å². The number of benzene rings is 1. The summed E-state index contributed by atoms with van der Waals surface area (Å²) in [5.74, 6) is 0. The highest BCUT2D eigenvalue weighted by atomic mass is 16.2. The van der Waals surface area contributed by atoms with E-state index in [4.69, 9.17) is 0 Å². The van der Waals surface area contributed by atoms with Gasteiger partial charge in [0.25, 0.3) is 0 Å². The molecule has 25 heavy (non-hydrogen) atoms. The molecule has 1 atom stereocenters. The molecule has 0 spiro atoms. The van der Waals surface area contributed by atoms with E-state index in [1.165, 1.54) is 12.0 Å². The van der Waals surface area contributed by atoms with Crippen LogP contribution in [0.25, 0.3) is 0 Å². The molecule has 2 N–H and O–H groups in total. The molecule has 1 aromatic carbocycles. The van der Waals surface area contributed by atoms with Crippen molar-refractivity contribution in [3.63, 3.8) is 0 Å². The van der Waals surface area contributed by atoms with Crippen LogP contribution in [0.1, 0.15) is 29.7 Å². The third-order valence-electron chi connectivity index (χ3n) is 5.00. The number of hydrogen-bond acceptors (Lipinski definition) is 3. The molecule has 1 aliphatic rings. The Morgan fingerprint density at radius 2 is 2.08 bits per heavy atom. The highest BCUT2D eigenvalue weighted by molar-refractivity contribution is 5.73. The number of carbonyl (C=O) groups excluding carboxylic acids is 1. The first-order valence-corrected chi connectivity index (χ1v) is 8.90. The predicted molar refractivity (Wildman–Crippen MR) is 98.1 cm³/mol. The van der Waals surface area contributed by atoms with Crippen molar-refractivity contribution >= 4 is 6.03 Å². The summed E-state index contributed by atoms with van der Waals surface area (Å²) in [6.45, 7) is 5.23. The van der Waals surface area contributed by atoms with E-state index >= 15 is 0 Å². The maximum atomic E-state index is 12.1. The molecule has 1 saturated heterocycles. The molecule has 0 radical (unpaired) electrons. The fourth-order valence-corrected chi connectivity index (χ4v) is 3.32. The van der Waals surface area contributed by atoms with Crippen molar-refractivity contribution in [1.82, 2.24) is 25.3 Å². The van der Waals surface area contributed by atoms with E-state index in [-0.39, 0.29) is 6.03 Å². The van der Waals surface area contributed by atoms with Gasteiger partial charge in [-0.2, -0.15) is 5.10 Å². The van der Waals surface area contributed by atoms with Gasteiger partial charge in [0.2, 0.25) is 0 Å². The lowest BCUT2D eigenvalue weighted by molar-refractivity contribution is 0.222. The zero-order chi connectivity index (χ0) is 17.6. The average molecular weight is 341 g/mol. The SMILES string of the molecule is Cc1c(CNC(=O)NC[C@@H]2CCCN2Cc2ccccc2)cnn1C.